The van der Waals surface area contributed by atoms with Gasteiger partial charge in [-0.25, -0.2) is 4.98 Å². The van der Waals surface area contributed by atoms with E-state index in [0.29, 0.717) is 13.2 Å². The highest BCUT2D eigenvalue weighted by atomic mass is 16.5. The third-order valence-corrected chi connectivity index (χ3v) is 4.56. The van der Waals surface area contributed by atoms with Gasteiger partial charge in [0.05, 0.1) is 11.7 Å². The van der Waals surface area contributed by atoms with Gasteiger partial charge in [-0.1, -0.05) is 6.92 Å². The second-order valence-electron chi connectivity index (χ2n) is 6.00. The van der Waals surface area contributed by atoms with Crippen LogP contribution < -0.4 is 0 Å². The molecule has 3 rings (SSSR count). The molecule has 23 heavy (non-hydrogen) atoms. The number of amides is 1. The minimum atomic E-state index is -0.0503. The summed E-state index contributed by atoms with van der Waals surface area (Å²) in [4.78, 5) is 18.7. The summed E-state index contributed by atoms with van der Waals surface area (Å²) >= 11 is 0. The first kappa shape index (κ1) is 15.7. The zero-order valence-corrected chi connectivity index (χ0v) is 13.8. The van der Waals surface area contributed by atoms with Crippen LogP contribution in [0.25, 0.3) is 0 Å². The van der Waals surface area contributed by atoms with Crippen molar-refractivity contribution in [1.29, 1.82) is 0 Å². The lowest BCUT2D eigenvalue weighted by Gasteiger charge is -2.24. The van der Waals surface area contributed by atoms with Crippen molar-refractivity contribution in [2.75, 3.05) is 20.2 Å². The van der Waals surface area contributed by atoms with Gasteiger partial charge >= 0.3 is 0 Å². The summed E-state index contributed by atoms with van der Waals surface area (Å²) in [5, 5.41) is 6.83. The number of likely N-dealkylation sites (N-methyl/N-ethyl adjacent to an activating group) is 1. The first-order valence-electron chi connectivity index (χ1n) is 7.98. The molecule has 124 valence electrons. The van der Waals surface area contributed by atoms with Crippen molar-refractivity contribution in [2.24, 2.45) is 7.05 Å². The second-order valence-corrected chi connectivity index (χ2v) is 6.00. The Balaban J connectivity index is 1.71. The molecule has 2 aromatic heterocycles. The molecule has 1 fully saturated rings. The standard InChI is InChI=1S/C16H23N5O2/c1-4-13-11(5-7-20(13)2)16(22)21(3)9-14-12(6-8-23-14)15-17-10-18-19-15/h5,7,10,12,14H,4,6,8-9H2,1-3H3,(H,17,18,19)/t12-,14-/m1/s1. The molecule has 1 N–H and O–H groups in total. The third kappa shape index (κ3) is 3.01. The lowest BCUT2D eigenvalue weighted by molar-refractivity contribution is 0.0549. The quantitative estimate of drug-likeness (QED) is 0.903. The molecule has 0 unspecified atom stereocenters. The van der Waals surface area contributed by atoms with Gasteiger partial charge in [0.2, 0.25) is 0 Å². The van der Waals surface area contributed by atoms with Crippen molar-refractivity contribution in [3.05, 3.63) is 35.7 Å². The summed E-state index contributed by atoms with van der Waals surface area (Å²) in [6.45, 7) is 3.29. The molecule has 0 bridgehead atoms. The molecule has 1 aliphatic heterocycles. The lowest BCUT2D eigenvalue weighted by atomic mass is 10.00. The number of nitrogens with one attached hydrogen (secondary N) is 1. The van der Waals surface area contributed by atoms with Gasteiger partial charge in [-0.3, -0.25) is 9.89 Å². The number of ether oxygens (including phenoxy) is 1. The number of aryl methyl sites for hydroxylation is 1. The van der Waals surface area contributed by atoms with Crippen molar-refractivity contribution in [3.63, 3.8) is 0 Å². The average molecular weight is 317 g/mol. The summed E-state index contributed by atoms with van der Waals surface area (Å²) in [6, 6.07) is 1.89. The molecule has 0 radical (unpaired) electrons. The first-order valence-corrected chi connectivity index (χ1v) is 7.98. The van der Waals surface area contributed by atoms with Gasteiger partial charge < -0.3 is 14.2 Å². The Kier molecular flexibility index (Phi) is 4.47. The fraction of sp³-hybridized carbons (Fsp3) is 0.562. The van der Waals surface area contributed by atoms with Crippen molar-refractivity contribution in [2.45, 2.75) is 31.8 Å². The van der Waals surface area contributed by atoms with Gasteiger partial charge in [0.15, 0.2) is 0 Å². The van der Waals surface area contributed by atoms with E-state index in [-0.39, 0.29) is 17.9 Å². The monoisotopic (exact) mass is 317 g/mol. The van der Waals surface area contributed by atoms with Crippen LogP contribution >= 0.6 is 0 Å². The predicted octanol–water partition coefficient (Wildman–Crippen LogP) is 1.35. The van der Waals surface area contributed by atoms with Crippen LogP contribution in [0.3, 0.4) is 0 Å². The maximum atomic E-state index is 12.7. The van der Waals surface area contributed by atoms with E-state index in [4.69, 9.17) is 4.74 Å². The molecule has 2 atom stereocenters. The molecule has 0 saturated carbocycles. The molecule has 0 spiro atoms. The Bertz CT molecular complexity index is 664. The number of hydrogen-bond acceptors (Lipinski definition) is 4. The Morgan fingerprint density at radius 3 is 3.09 bits per heavy atom. The van der Waals surface area contributed by atoms with Crippen LogP contribution in [0, 0.1) is 0 Å². The first-order chi connectivity index (χ1) is 11.1. The van der Waals surface area contributed by atoms with Crippen LogP contribution in [0.2, 0.25) is 0 Å². The number of hydrogen-bond donors (Lipinski definition) is 1. The topological polar surface area (TPSA) is 76.0 Å². The number of rotatable bonds is 5. The molecule has 1 amide bonds. The molecule has 7 heteroatoms. The molecule has 0 aromatic carbocycles. The summed E-state index contributed by atoms with van der Waals surface area (Å²) in [6.07, 6.45) is 5.12. The van der Waals surface area contributed by atoms with E-state index in [2.05, 4.69) is 22.1 Å². The Labute approximate surface area is 135 Å². The van der Waals surface area contributed by atoms with Crippen molar-refractivity contribution >= 4 is 5.91 Å². The van der Waals surface area contributed by atoms with E-state index >= 15 is 0 Å². The van der Waals surface area contributed by atoms with Gasteiger partial charge in [-0.05, 0) is 18.9 Å². The van der Waals surface area contributed by atoms with Crippen LogP contribution in [0.4, 0.5) is 0 Å². The predicted molar refractivity (Wildman–Crippen MR) is 85.2 cm³/mol. The SMILES string of the molecule is CCc1c(C(=O)N(C)C[C@H]2OCC[C@H]2c2ncn[nH]2)ccn1C. The summed E-state index contributed by atoms with van der Waals surface area (Å²) < 4.78 is 7.83. The number of aromatic nitrogens is 4. The average Bonchev–Trinajstić information content (AvgIpc) is 3.25. The fourth-order valence-corrected chi connectivity index (χ4v) is 3.29. The van der Waals surface area contributed by atoms with Crippen molar-refractivity contribution < 1.29 is 9.53 Å². The molecule has 1 aliphatic rings. The number of H-pyrrole nitrogens is 1. The van der Waals surface area contributed by atoms with Crippen molar-refractivity contribution in [1.82, 2.24) is 24.6 Å². The number of carbonyl (C=O) groups is 1. The Morgan fingerprint density at radius 2 is 2.39 bits per heavy atom. The van der Waals surface area contributed by atoms with Crippen LogP contribution in [0.5, 0.6) is 0 Å². The Hall–Kier alpha value is -2.15. The maximum Gasteiger partial charge on any atom is 0.255 e. The highest BCUT2D eigenvalue weighted by molar-refractivity contribution is 5.95. The third-order valence-electron chi connectivity index (χ3n) is 4.56. The maximum absolute atomic E-state index is 12.7. The lowest BCUT2D eigenvalue weighted by Crippen LogP contribution is -2.36. The number of aromatic amines is 1. The molecule has 3 heterocycles. The zero-order valence-electron chi connectivity index (χ0n) is 13.8. The molecule has 0 aliphatic carbocycles. The van der Waals surface area contributed by atoms with Crippen LogP contribution in [0.1, 0.15) is 41.1 Å². The highest BCUT2D eigenvalue weighted by Gasteiger charge is 2.33. The fourth-order valence-electron chi connectivity index (χ4n) is 3.29. The van der Waals surface area contributed by atoms with Gasteiger partial charge in [0, 0.05) is 45.1 Å². The molecular formula is C16H23N5O2. The molecule has 7 nitrogen and oxygen atoms in total. The van der Waals surface area contributed by atoms with Crippen LogP contribution in [0.15, 0.2) is 18.6 Å². The van der Waals surface area contributed by atoms with E-state index in [0.717, 1.165) is 29.9 Å². The van der Waals surface area contributed by atoms with E-state index in [1.165, 1.54) is 6.33 Å². The van der Waals surface area contributed by atoms with Gasteiger partial charge in [0.25, 0.3) is 5.91 Å². The van der Waals surface area contributed by atoms with Crippen LogP contribution in [-0.4, -0.2) is 56.9 Å². The smallest absolute Gasteiger partial charge is 0.255 e. The summed E-state index contributed by atoms with van der Waals surface area (Å²) in [7, 11) is 3.80. The van der Waals surface area contributed by atoms with Gasteiger partial charge in [-0.2, -0.15) is 5.10 Å². The van der Waals surface area contributed by atoms with E-state index in [1.54, 1.807) is 4.90 Å². The van der Waals surface area contributed by atoms with E-state index < -0.39 is 0 Å². The molecule has 1 saturated heterocycles. The van der Waals surface area contributed by atoms with Gasteiger partial charge in [0.1, 0.15) is 12.2 Å². The van der Waals surface area contributed by atoms with Crippen molar-refractivity contribution in [3.8, 4) is 0 Å². The van der Waals surface area contributed by atoms with Crippen LogP contribution in [-0.2, 0) is 18.2 Å². The molecule has 2 aromatic rings. The largest absolute Gasteiger partial charge is 0.376 e. The Morgan fingerprint density at radius 1 is 1.57 bits per heavy atom. The minimum absolute atomic E-state index is 0.0364. The molecular weight excluding hydrogens is 294 g/mol. The summed E-state index contributed by atoms with van der Waals surface area (Å²) in [5.74, 6) is 1.03. The van der Waals surface area contributed by atoms with Gasteiger partial charge in [-0.15, -0.1) is 0 Å². The normalized spacial score (nSPS) is 20.8. The zero-order chi connectivity index (χ0) is 16.4. The number of carbonyl (C=O) groups excluding carboxylic acids is 1. The second kappa shape index (κ2) is 6.54. The van der Waals surface area contributed by atoms with E-state index in [9.17, 15) is 4.79 Å². The van der Waals surface area contributed by atoms with E-state index in [1.807, 2.05) is 30.9 Å². The number of nitrogens with zero attached hydrogens (tertiary/aromatic N) is 4. The highest BCUT2D eigenvalue weighted by Crippen LogP contribution is 2.29. The minimum Gasteiger partial charge on any atom is -0.376 e. The summed E-state index contributed by atoms with van der Waals surface area (Å²) in [5.41, 5.74) is 1.83.